The van der Waals surface area contributed by atoms with Crippen molar-refractivity contribution < 1.29 is 19.5 Å². The van der Waals surface area contributed by atoms with Crippen molar-refractivity contribution in [3.63, 3.8) is 0 Å². The van der Waals surface area contributed by atoms with Crippen molar-refractivity contribution in [3.05, 3.63) is 93.8 Å². The van der Waals surface area contributed by atoms with E-state index in [4.69, 9.17) is 0 Å². The maximum Gasteiger partial charge on any atom is 0.307 e. The molecule has 2 aromatic carbocycles. The van der Waals surface area contributed by atoms with Gasteiger partial charge in [-0.15, -0.1) is 0 Å². The molecule has 1 aliphatic heterocycles. The van der Waals surface area contributed by atoms with Crippen molar-refractivity contribution in [2.45, 2.75) is 74.7 Å². The SMILES string of the molecule is C.CCC1CC(=O)N(c2ccc(CC(CC(=O)c3c(C)cc(C)cc3C)C(=O)O)cc2)C1.Cc1ccnc(C)c1. The third-order valence-corrected chi connectivity index (χ3v) is 7.30. The molecule has 4 rings (SSSR count). The molecule has 2 unspecified atom stereocenters. The molecule has 1 aliphatic rings. The highest BCUT2D eigenvalue weighted by Crippen LogP contribution is 2.28. The molecule has 1 saturated heterocycles. The van der Waals surface area contributed by atoms with Gasteiger partial charge in [-0.05, 0) is 93.5 Å². The zero-order chi connectivity index (χ0) is 28.7. The number of Topliss-reactive ketones (excluding diaryl/α,β-unsaturated/α-hetero) is 1. The van der Waals surface area contributed by atoms with E-state index in [1.807, 2.05) is 76.4 Å². The standard InChI is InChI=1S/C26H31NO4.C7H9N.CH4/c1-5-19-13-24(29)27(15-19)22-8-6-20(7-9-22)12-21(26(30)31)14-23(28)25-17(3)10-16(2)11-18(25)4;1-6-3-4-8-7(2)5-6;/h6-11,19,21H,5,12-15H2,1-4H3,(H,30,31);3-5H,1-2H3;1H4. The lowest BCUT2D eigenvalue weighted by Crippen LogP contribution is -2.24. The second kappa shape index (κ2) is 14.5. The minimum atomic E-state index is -0.972. The van der Waals surface area contributed by atoms with Gasteiger partial charge in [-0.25, -0.2) is 0 Å². The summed E-state index contributed by atoms with van der Waals surface area (Å²) in [6.07, 6.45) is 3.62. The van der Waals surface area contributed by atoms with Crippen molar-refractivity contribution in [3.8, 4) is 0 Å². The highest BCUT2D eigenvalue weighted by atomic mass is 16.4. The fraction of sp³-hybridized carbons (Fsp3) is 0.412. The number of carboxylic acids is 1. The topological polar surface area (TPSA) is 87.6 Å². The number of pyridine rings is 1. The van der Waals surface area contributed by atoms with E-state index < -0.39 is 11.9 Å². The van der Waals surface area contributed by atoms with E-state index >= 15 is 0 Å². The van der Waals surface area contributed by atoms with Gasteiger partial charge in [-0.2, -0.15) is 0 Å². The fourth-order valence-corrected chi connectivity index (χ4v) is 5.28. The van der Waals surface area contributed by atoms with Crippen LogP contribution in [0.5, 0.6) is 0 Å². The summed E-state index contributed by atoms with van der Waals surface area (Å²) in [4.78, 5) is 42.9. The van der Waals surface area contributed by atoms with E-state index in [9.17, 15) is 19.5 Å². The Kier molecular flexibility index (Phi) is 11.8. The molecule has 0 bridgehead atoms. The monoisotopic (exact) mass is 544 g/mol. The number of aryl methyl sites for hydroxylation is 5. The summed E-state index contributed by atoms with van der Waals surface area (Å²) < 4.78 is 0. The minimum Gasteiger partial charge on any atom is -0.481 e. The molecule has 2 atom stereocenters. The van der Waals surface area contributed by atoms with Crippen LogP contribution in [0.2, 0.25) is 0 Å². The van der Waals surface area contributed by atoms with Crippen LogP contribution in [0.3, 0.4) is 0 Å². The average molecular weight is 545 g/mol. The van der Waals surface area contributed by atoms with E-state index in [1.165, 1.54) is 5.56 Å². The van der Waals surface area contributed by atoms with Gasteiger partial charge in [0.1, 0.15) is 0 Å². The third kappa shape index (κ3) is 8.60. The molecule has 1 aromatic heterocycles. The number of carboxylic acid groups (broad SMARTS) is 1. The van der Waals surface area contributed by atoms with Crippen molar-refractivity contribution >= 4 is 23.3 Å². The first-order valence-corrected chi connectivity index (χ1v) is 13.6. The normalized spacial score (nSPS) is 15.1. The second-order valence-electron chi connectivity index (χ2n) is 10.8. The number of aromatic nitrogens is 1. The number of hydrogen-bond acceptors (Lipinski definition) is 4. The quantitative estimate of drug-likeness (QED) is 0.302. The smallest absolute Gasteiger partial charge is 0.307 e. The Labute approximate surface area is 239 Å². The molecule has 0 spiro atoms. The van der Waals surface area contributed by atoms with Gasteiger partial charge in [0.25, 0.3) is 0 Å². The number of benzene rings is 2. The first-order valence-electron chi connectivity index (χ1n) is 13.6. The van der Waals surface area contributed by atoms with E-state index in [0.717, 1.165) is 46.6 Å². The lowest BCUT2D eigenvalue weighted by atomic mass is 9.88. The summed E-state index contributed by atoms with van der Waals surface area (Å²) in [7, 11) is 0. The number of hydrogen-bond donors (Lipinski definition) is 1. The van der Waals surface area contributed by atoms with Crippen molar-refractivity contribution in [1.82, 2.24) is 4.98 Å². The van der Waals surface area contributed by atoms with Crippen LogP contribution in [0.15, 0.2) is 54.7 Å². The fourth-order valence-electron chi connectivity index (χ4n) is 5.28. The predicted molar refractivity (Wildman–Crippen MR) is 162 cm³/mol. The zero-order valence-electron chi connectivity index (χ0n) is 24.0. The summed E-state index contributed by atoms with van der Waals surface area (Å²) in [6.45, 7) is 12.7. The van der Waals surface area contributed by atoms with E-state index in [1.54, 1.807) is 4.90 Å². The van der Waals surface area contributed by atoms with E-state index in [2.05, 4.69) is 24.9 Å². The first-order chi connectivity index (χ1) is 18.5. The van der Waals surface area contributed by atoms with Gasteiger partial charge in [-0.1, -0.05) is 50.6 Å². The maximum absolute atomic E-state index is 12.9. The van der Waals surface area contributed by atoms with Crippen LogP contribution in [-0.4, -0.2) is 34.3 Å². The molecule has 2 heterocycles. The summed E-state index contributed by atoms with van der Waals surface area (Å²) >= 11 is 0. The molecule has 0 radical (unpaired) electrons. The van der Waals surface area contributed by atoms with Crippen molar-refractivity contribution in [2.75, 3.05) is 11.4 Å². The number of aliphatic carboxylic acids is 1. The van der Waals surface area contributed by atoms with Gasteiger partial charge in [0, 0.05) is 42.5 Å². The number of anilines is 1. The average Bonchev–Trinajstić information content (AvgIpc) is 3.24. The number of rotatable bonds is 8. The van der Waals surface area contributed by atoms with Crippen LogP contribution in [0.4, 0.5) is 5.69 Å². The number of carbonyl (C=O) groups excluding carboxylic acids is 2. The predicted octanol–water partition coefficient (Wildman–Crippen LogP) is 7.23. The Bertz CT molecular complexity index is 1290. The summed E-state index contributed by atoms with van der Waals surface area (Å²) in [5.41, 5.74) is 7.54. The number of carbonyl (C=O) groups is 3. The highest BCUT2D eigenvalue weighted by molar-refractivity contribution is 6.00. The molecule has 214 valence electrons. The Morgan fingerprint density at radius 1 is 0.975 bits per heavy atom. The van der Waals surface area contributed by atoms with Gasteiger partial charge in [0.15, 0.2) is 5.78 Å². The molecular weight excluding hydrogens is 500 g/mol. The molecule has 3 aromatic rings. The van der Waals surface area contributed by atoms with Crippen LogP contribution < -0.4 is 4.90 Å². The minimum absolute atomic E-state index is 0. The van der Waals surface area contributed by atoms with Crippen molar-refractivity contribution in [2.24, 2.45) is 11.8 Å². The number of nitrogens with zero attached hydrogens (tertiary/aromatic N) is 2. The molecule has 1 N–H and O–H groups in total. The second-order valence-corrected chi connectivity index (χ2v) is 10.8. The zero-order valence-corrected chi connectivity index (χ0v) is 24.0. The van der Waals surface area contributed by atoms with Crippen LogP contribution >= 0.6 is 0 Å². The molecule has 1 amide bonds. The molecule has 6 heteroatoms. The molecule has 1 fully saturated rings. The van der Waals surface area contributed by atoms with Gasteiger partial charge in [0.05, 0.1) is 5.92 Å². The maximum atomic E-state index is 12.9. The molecule has 6 nitrogen and oxygen atoms in total. The summed E-state index contributed by atoms with van der Waals surface area (Å²) in [6, 6.07) is 15.4. The van der Waals surface area contributed by atoms with Crippen LogP contribution in [0.25, 0.3) is 0 Å². The Morgan fingerprint density at radius 3 is 2.08 bits per heavy atom. The van der Waals surface area contributed by atoms with Gasteiger partial charge in [-0.3, -0.25) is 19.4 Å². The van der Waals surface area contributed by atoms with Gasteiger partial charge >= 0.3 is 5.97 Å². The number of amides is 1. The third-order valence-electron chi connectivity index (χ3n) is 7.30. The highest BCUT2D eigenvalue weighted by Gasteiger charge is 2.29. The first kappa shape index (κ1) is 32.4. The van der Waals surface area contributed by atoms with Gasteiger partial charge < -0.3 is 10.0 Å². The summed E-state index contributed by atoms with van der Waals surface area (Å²) in [5, 5.41) is 9.73. The largest absolute Gasteiger partial charge is 0.481 e. The lowest BCUT2D eigenvalue weighted by molar-refractivity contribution is -0.141. The van der Waals surface area contributed by atoms with Gasteiger partial charge in [0.2, 0.25) is 5.91 Å². The van der Waals surface area contributed by atoms with Crippen molar-refractivity contribution in [1.29, 1.82) is 0 Å². The molecule has 0 saturated carbocycles. The Balaban J connectivity index is 0.000000535. The Hall–Kier alpha value is -3.80. The molecule has 0 aliphatic carbocycles. The van der Waals surface area contributed by atoms with E-state index in [-0.39, 0.29) is 32.0 Å². The van der Waals surface area contributed by atoms with Crippen LogP contribution in [-0.2, 0) is 16.0 Å². The van der Waals surface area contributed by atoms with Crippen LogP contribution in [0.1, 0.15) is 77.5 Å². The Morgan fingerprint density at radius 2 is 1.60 bits per heavy atom. The molecular formula is C34H44N2O4. The van der Waals surface area contributed by atoms with E-state index in [0.29, 0.717) is 17.9 Å². The van der Waals surface area contributed by atoms with Crippen LogP contribution in [0, 0.1) is 46.5 Å². The summed E-state index contributed by atoms with van der Waals surface area (Å²) in [5.74, 6) is -1.37. The molecule has 40 heavy (non-hydrogen) atoms. The lowest BCUT2D eigenvalue weighted by Gasteiger charge is -2.18. The number of ketones is 1.